The van der Waals surface area contributed by atoms with Crippen LogP contribution < -0.4 is 10.6 Å². The molecule has 0 saturated heterocycles. The van der Waals surface area contributed by atoms with Crippen LogP contribution in [0.3, 0.4) is 0 Å². The number of hydrogen-bond acceptors (Lipinski definition) is 3. The summed E-state index contributed by atoms with van der Waals surface area (Å²) in [5.74, 6) is 2.11. The van der Waals surface area contributed by atoms with Crippen LogP contribution in [-0.4, -0.2) is 40.4 Å². The second kappa shape index (κ2) is 14.4. The van der Waals surface area contributed by atoms with Gasteiger partial charge in [0.1, 0.15) is 12.2 Å². The van der Waals surface area contributed by atoms with Crippen LogP contribution in [0, 0.1) is 0 Å². The highest BCUT2D eigenvalue weighted by Crippen LogP contribution is 2.27. The molecule has 32 heavy (non-hydrogen) atoms. The van der Waals surface area contributed by atoms with E-state index >= 15 is 0 Å². The molecule has 3 aromatic rings. The van der Waals surface area contributed by atoms with Gasteiger partial charge in [0.25, 0.3) is 0 Å². The number of aliphatic imine (C=N–C) groups is 1. The Morgan fingerprint density at radius 1 is 1.06 bits per heavy atom. The van der Waals surface area contributed by atoms with E-state index in [1.54, 1.807) is 6.33 Å². The van der Waals surface area contributed by atoms with Gasteiger partial charge in [-0.3, -0.25) is 4.99 Å². The van der Waals surface area contributed by atoms with Gasteiger partial charge in [0.05, 0.1) is 0 Å². The minimum atomic E-state index is 0. The summed E-state index contributed by atoms with van der Waals surface area (Å²) < 4.78 is 2.07. The standard InChI is InChI=1S/C25H32N6.HI/c1-3-16-26-25(28-18-19-31-20-29-30-24(31)4-2)27-17-15-23(21-11-7-5-8-12-21)22-13-9-6-10-14-22;/h3,5-14,20,23H,1,4,15-19H2,2H3,(H2,26,27,28);1H. The Bertz CT molecular complexity index is 900. The fourth-order valence-corrected chi connectivity index (χ4v) is 3.58. The van der Waals surface area contributed by atoms with E-state index in [1.807, 2.05) is 6.08 Å². The van der Waals surface area contributed by atoms with Crippen molar-refractivity contribution in [3.8, 4) is 0 Å². The average Bonchev–Trinajstić information content (AvgIpc) is 3.28. The van der Waals surface area contributed by atoms with Gasteiger partial charge in [-0.2, -0.15) is 0 Å². The minimum Gasteiger partial charge on any atom is -0.355 e. The highest BCUT2D eigenvalue weighted by atomic mass is 127. The molecule has 1 heterocycles. The number of nitrogens with zero attached hydrogens (tertiary/aromatic N) is 4. The van der Waals surface area contributed by atoms with Crippen LogP contribution in [0.25, 0.3) is 0 Å². The largest absolute Gasteiger partial charge is 0.355 e. The highest BCUT2D eigenvalue weighted by Gasteiger charge is 2.13. The Kier molecular flexibility index (Phi) is 11.5. The molecule has 7 heteroatoms. The van der Waals surface area contributed by atoms with E-state index in [1.165, 1.54) is 11.1 Å². The van der Waals surface area contributed by atoms with Gasteiger partial charge >= 0.3 is 0 Å². The molecular weight excluding hydrogens is 511 g/mol. The lowest BCUT2D eigenvalue weighted by Gasteiger charge is -2.18. The van der Waals surface area contributed by atoms with Gasteiger partial charge < -0.3 is 15.2 Å². The molecule has 0 amide bonds. The van der Waals surface area contributed by atoms with Gasteiger partial charge in [0.15, 0.2) is 5.96 Å². The summed E-state index contributed by atoms with van der Waals surface area (Å²) in [4.78, 5) is 4.82. The van der Waals surface area contributed by atoms with Crippen molar-refractivity contribution in [3.05, 3.63) is 96.6 Å². The smallest absolute Gasteiger partial charge is 0.191 e. The van der Waals surface area contributed by atoms with Gasteiger partial charge in [-0.15, -0.1) is 40.8 Å². The summed E-state index contributed by atoms with van der Waals surface area (Å²) in [6.45, 7) is 8.80. The monoisotopic (exact) mass is 544 g/mol. The van der Waals surface area contributed by atoms with E-state index in [-0.39, 0.29) is 24.0 Å². The quantitative estimate of drug-likeness (QED) is 0.163. The summed E-state index contributed by atoms with van der Waals surface area (Å²) in [6.07, 6.45) is 5.41. The number of nitrogens with one attached hydrogen (secondary N) is 2. The molecule has 0 aliphatic rings. The fourth-order valence-electron chi connectivity index (χ4n) is 3.58. The Labute approximate surface area is 208 Å². The SMILES string of the molecule is C=CCNC(=NCCC(c1ccccc1)c1ccccc1)NCCn1cnnc1CC.I. The highest BCUT2D eigenvalue weighted by molar-refractivity contribution is 14.0. The zero-order chi connectivity index (χ0) is 21.7. The number of hydrogen-bond donors (Lipinski definition) is 2. The molecule has 0 aliphatic carbocycles. The molecule has 1 aromatic heterocycles. The first-order chi connectivity index (χ1) is 15.3. The van der Waals surface area contributed by atoms with Gasteiger partial charge in [-0.1, -0.05) is 73.7 Å². The second-order valence-corrected chi connectivity index (χ2v) is 7.28. The molecule has 6 nitrogen and oxygen atoms in total. The Morgan fingerprint density at radius 2 is 1.72 bits per heavy atom. The first-order valence-corrected chi connectivity index (χ1v) is 10.9. The fraction of sp³-hybridized carbons (Fsp3) is 0.320. The molecule has 0 unspecified atom stereocenters. The molecule has 0 aliphatic heterocycles. The number of guanidine groups is 1. The topological polar surface area (TPSA) is 67.1 Å². The van der Waals surface area contributed by atoms with E-state index in [2.05, 4.69) is 99.6 Å². The van der Waals surface area contributed by atoms with Crippen molar-refractivity contribution in [1.29, 1.82) is 0 Å². The number of aryl methyl sites for hydroxylation is 1. The van der Waals surface area contributed by atoms with Gasteiger partial charge in [-0.25, -0.2) is 0 Å². The van der Waals surface area contributed by atoms with Crippen molar-refractivity contribution in [2.45, 2.75) is 32.2 Å². The molecule has 0 atom stereocenters. The molecule has 0 radical (unpaired) electrons. The van der Waals surface area contributed by atoms with Crippen LogP contribution in [0.2, 0.25) is 0 Å². The predicted octanol–water partition coefficient (Wildman–Crippen LogP) is 4.40. The molecule has 0 bridgehead atoms. The van der Waals surface area contributed by atoms with Crippen molar-refractivity contribution in [3.63, 3.8) is 0 Å². The molecular formula is C25H33IN6. The maximum atomic E-state index is 4.82. The van der Waals surface area contributed by atoms with Crippen LogP contribution >= 0.6 is 24.0 Å². The summed E-state index contributed by atoms with van der Waals surface area (Å²) in [5, 5.41) is 14.9. The molecule has 0 fully saturated rings. The normalized spacial score (nSPS) is 11.1. The van der Waals surface area contributed by atoms with E-state index < -0.39 is 0 Å². The molecule has 170 valence electrons. The number of rotatable bonds is 11. The lowest BCUT2D eigenvalue weighted by Crippen LogP contribution is -2.39. The average molecular weight is 544 g/mol. The van der Waals surface area contributed by atoms with E-state index in [9.17, 15) is 0 Å². The van der Waals surface area contributed by atoms with Crippen LogP contribution in [-0.2, 0) is 13.0 Å². The molecule has 0 spiro atoms. The molecule has 2 aromatic carbocycles. The zero-order valence-corrected chi connectivity index (χ0v) is 21.0. The van der Waals surface area contributed by atoms with Gasteiger partial charge in [0.2, 0.25) is 0 Å². The molecule has 2 N–H and O–H groups in total. The van der Waals surface area contributed by atoms with Crippen molar-refractivity contribution in [2.24, 2.45) is 4.99 Å². The summed E-state index contributed by atoms with van der Waals surface area (Å²) in [7, 11) is 0. The third kappa shape index (κ3) is 7.78. The van der Waals surface area contributed by atoms with Crippen molar-refractivity contribution < 1.29 is 0 Å². The van der Waals surface area contributed by atoms with Crippen LogP contribution in [0.4, 0.5) is 0 Å². The van der Waals surface area contributed by atoms with E-state index in [4.69, 9.17) is 4.99 Å². The maximum absolute atomic E-state index is 4.82. The Morgan fingerprint density at radius 3 is 2.31 bits per heavy atom. The van der Waals surface area contributed by atoms with Crippen LogP contribution in [0.1, 0.15) is 36.2 Å². The summed E-state index contributed by atoms with van der Waals surface area (Å²) in [6, 6.07) is 21.3. The molecule has 3 rings (SSSR count). The third-order valence-electron chi connectivity index (χ3n) is 5.16. The lowest BCUT2D eigenvalue weighted by atomic mass is 9.89. The third-order valence-corrected chi connectivity index (χ3v) is 5.16. The number of halogens is 1. The first-order valence-electron chi connectivity index (χ1n) is 10.9. The van der Waals surface area contributed by atoms with Crippen molar-refractivity contribution >= 4 is 29.9 Å². The van der Waals surface area contributed by atoms with Crippen molar-refractivity contribution in [1.82, 2.24) is 25.4 Å². The van der Waals surface area contributed by atoms with Crippen LogP contribution in [0.15, 0.2) is 84.6 Å². The van der Waals surface area contributed by atoms with Gasteiger partial charge in [-0.05, 0) is 17.5 Å². The Balaban J connectivity index is 0.00000363. The zero-order valence-electron chi connectivity index (χ0n) is 18.7. The number of benzene rings is 2. The Hall–Kier alpha value is -2.68. The predicted molar refractivity (Wildman–Crippen MR) is 143 cm³/mol. The summed E-state index contributed by atoms with van der Waals surface area (Å²) in [5.41, 5.74) is 2.63. The summed E-state index contributed by atoms with van der Waals surface area (Å²) >= 11 is 0. The van der Waals surface area contributed by atoms with Crippen LogP contribution in [0.5, 0.6) is 0 Å². The van der Waals surface area contributed by atoms with E-state index in [0.29, 0.717) is 19.0 Å². The maximum Gasteiger partial charge on any atom is 0.191 e. The number of aromatic nitrogens is 3. The van der Waals surface area contributed by atoms with Gasteiger partial charge in [0, 0.05) is 38.5 Å². The molecule has 0 saturated carbocycles. The van der Waals surface area contributed by atoms with E-state index in [0.717, 1.165) is 37.7 Å². The minimum absolute atomic E-state index is 0. The van der Waals surface area contributed by atoms with Crippen molar-refractivity contribution in [2.75, 3.05) is 19.6 Å². The lowest BCUT2D eigenvalue weighted by molar-refractivity contribution is 0.632. The second-order valence-electron chi connectivity index (χ2n) is 7.28. The first kappa shape index (κ1) is 25.6.